The molecule has 1 heterocycles. The van der Waals surface area contributed by atoms with Crippen molar-refractivity contribution < 1.29 is 8.42 Å². The van der Waals surface area contributed by atoms with E-state index >= 15 is 0 Å². The summed E-state index contributed by atoms with van der Waals surface area (Å²) in [7, 11) is -1.48. The van der Waals surface area contributed by atoms with E-state index in [2.05, 4.69) is 20.0 Å². The van der Waals surface area contributed by atoms with Crippen molar-refractivity contribution in [3.8, 4) is 0 Å². The molecule has 1 aliphatic carbocycles. The molecule has 8 heteroatoms. The summed E-state index contributed by atoms with van der Waals surface area (Å²) < 4.78 is 27.0. The summed E-state index contributed by atoms with van der Waals surface area (Å²) in [6, 6.07) is 3.44. The lowest BCUT2D eigenvalue weighted by Gasteiger charge is -2.23. The molecule has 7 nitrogen and oxygen atoms in total. The van der Waals surface area contributed by atoms with E-state index in [1.54, 1.807) is 0 Å². The number of pyridine rings is 1. The summed E-state index contributed by atoms with van der Waals surface area (Å²) in [5, 5.41) is 0. The number of likely N-dealkylation sites (N-methyl/N-ethyl adjacent to an activating group) is 1. The molecule has 0 saturated heterocycles. The Balaban J connectivity index is 1.88. The van der Waals surface area contributed by atoms with Crippen LogP contribution in [0.5, 0.6) is 0 Å². The Morgan fingerprint density at radius 1 is 1.43 bits per heavy atom. The van der Waals surface area contributed by atoms with Gasteiger partial charge in [-0.25, -0.2) is 24.0 Å². The number of aromatic nitrogens is 1. The molecule has 21 heavy (non-hydrogen) atoms. The molecule has 1 saturated carbocycles. The molecule has 0 spiro atoms. The highest BCUT2D eigenvalue weighted by Gasteiger charge is 2.20. The normalized spacial score (nSPS) is 16.5. The Kier molecular flexibility index (Phi) is 5.51. The predicted octanol–water partition coefficient (Wildman–Crippen LogP) is 0.520. The van der Waals surface area contributed by atoms with E-state index in [0.717, 1.165) is 0 Å². The van der Waals surface area contributed by atoms with Gasteiger partial charge in [-0.3, -0.25) is 0 Å². The van der Waals surface area contributed by atoms with Gasteiger partial charge < -0.3 is 10.3 Å². The molecule has 4 N–H and O–H groups in total. The fourth-order valence-electron chi connectivity index (χ4n) is 2.62. The lowest BCUT2D eigenvalue weighted by Crippen LogP contribution is -2.37. The van der Waals surface area contributed by atoms with Gasteiger partial charge in [-0.15, -0.1) is 0 Å². The van der Waals surface area contributed by atoms with Crippen LogP contribution in [0.2, 0.25) is 0 Å². The number of nitrogens with one attached hydrogen (secondary N) is 2. The van der Waals surface area contributed by atoms with Crippen LogP contribution in [-0.2, 0) is 10.0 Å². The highest BCUT2D eigenvalue weighted by molar-refractivity contribution is 7.89. The van der Waals surface area contributed by atoms with E-state index in [1.165, 1.54) is 44.0 Å². The molecule has 0 unspecified atom stereocenters. The smallest absolute Gasteiger partial charge is 0.240 e. The molecule has 1 aliphatic rings. The van der Waals surface area contributed by atoms with Gasteiger partial charge in [0.1, 0.15) is 5.82 Å². The summed E-state index contributed by atoms with van der Waals surface area (Å²) in [5.41, 5.74) is 2.34. The molecule has 0 aromatic carbocycles. The lowest BCUT2D eigenvalue weighted by atomic mass is 10.2. The second kappa shape index (κ2) is 7.17. The van der Waals surface area contributed by atoms with E-state index in [9.17, 15) is 8.42 Å². The highest BCUT2D eigenvalue weighted by atomic mass is 32.2. The maximum absolute atomic E-state index is 12.2. The Morgan fingerprint density at radius 2 is 2.14 bits per heavy atom. The van der Waals surface area contributed by atoms with Crippen LogP contribution in [0.3, 0.4) is 0 Å². The number of hydrazine groups is 1. The first-order chi connectivity index (χ1) is 10.0. The van der Waals surface area contributed by atoms with Crippen LogP contribution in [0.1, 0.15) is 25.7 Å². The van der Waals surface area contributed by atoms with Crippen LogP contribution in [0.25, 0.3) is 0 Å². The SMILES string of the molecule is CN(CCNS(=O)(=O)c1ccnc(NN)c1)C1CCCC1. The van der Waals surface area contributed by atoms with E-state index in [0.29, 0.717) is 24.9 Å². The minimum Gasteiger partial charge on any atom is -0.308 e. The largest absolute Gasteiger partial charge is 0.308 e. The Morgan fingerprint density at radius 3 is 2.81 bits per heavy atom. The number of hydrogen-bond donors (Lipinski definition) is 3. The minimum absolute atomic E-state index is 0.161. The standard InChI is InChI=1S/C13H23N5O2S/c1-18(11-4-2-3-5-11)9-8-16-21(19,20)12-6-7-15-13(10-12)17-14/h6-7,10-11,16H,2-5,8-9,14H2,1H3,(H,15,17). The number of anilines is 1. The zero-order valence-electron chi connectivity index (χ0n) is 12.2. The second-order valence-electron chi connectivity index (χ2n) is 5.34. The molecule has 0 atom stereocenters. The number of sulfonamides is 1. The number of hydrogen-bond acceptors (Lipinski definition) is 6. The molecular formula is C13H23N5O2S. The van der Waals surface area contributed by atoms with Crippen molar-refractivity contribution in [3.05, 3.63) is 18.3 Å². The van der Waals surface area contributed by atoms with Gasteiger partial charge in [0.2, 0.25) is 10.0 Å². The first kappa shape index (κ1) is 16.2. The highest BCUT2D eigenvalue weighted by Crippen LogP contribution is 2.21. The first-order valence-electron chi connectivity index (χ1n) is 7.15. The van der Waals surface area contributed by atoms with Gasteiger partial charge in [0.05, 0.1) is 4.90 Å². The van der Waals surface area contributed by atoms with Crippen molar-refractivity contribution in [2.45, 2.75) is 36.6 Å². The second-order valence-corrected chi connectivity index (χ2v) is 7.10. The molecule has 1 aromatic rings. The van der Waals surface area contributed by atoms with Crippen LogP contribution >= 0.6 is 0 Å². The summed E-state index contributed by atoms with van der Waals surface area (Å²) in [4.78, 5) is 6.29. The van der Waals surface area contributed by atoms with Gasteiger partial charge in [0.15, 0.2) is 0 Å². The van der Waals surface area contributed by atoms with Crippen LogP contribution in [0.15, 0.2) is 23.2 Å². The van der Waals surface area contributed by atoms with Gasteiger partial charge in [0, 0.05) is 31.4 Å². The Labute approximate surface area is 125 Å². The number of rotatable bonds is 7. The van der Waals surface area contributed by atoms with Crippen molar-refractivity contribution in [3.63, 3.8) is 0 Å². The predicted molar refractivity (Wildman–Crippen MR) is 82.1 cm³/mol. The fraction of sp³-hybridized carbons (Fsp3) is 0.615. The number of nitrogens with two attached hydrogens (primary N) is 1. The van der Waals surface area contributed by atoms with Crippen LogP contribution in [0, 0.1) is 0 Å². The van der Waals surface area contributed by atoms with Crippen molar-refractivity contribution in [2.24, 2.45) is 5.84 Å². The molecule has 1 fully saturated rings. The average Bonchev–Trinajstić information content (AvgIpc) is 3.01. The molecule has 118 valence electrons. The van der Waals surface area contributed by atoms with Crippen molar-refractivity contribution in [2.75, 3.05) is 25.6 Å². The van der Waals surface area contributed by atoms with Crippen LogP contribution < -0.4 is 16.0 Å². The fourth-order valence-corrected chi connectivity index (χ4v) is 3.66. The zero-order chi connectivity index (χ0) is 15.3. The Bertz CT molecular complexity index is 557. The van der Waals surface area contributed by atoms with Gasteiger partial charge in [-0.2, -0.15) is 0 Å². The summed E-state index contributed by atoms with van der Waals surface area (Å²) >= 11 is 0. The van der Waals surface area contributed by atoms with E-state index in [-0.39, 0.29) is 4.90 Å². The maximum atomic E-state index is 12.2. The molecule has 0 radical (unpaired) electrons. The topological polar surface area (TPSA) is 100 Å². The van der Waals surface area contributed by atoms with Gasteiger partial charge in [-0.1, -0.05) is 12.8 Å². The number of nitrogen functional groups attached to an aromatic ring is 1. The molecule has 1 aromatic heterocycles. The van der Waals surface area contributed by atoms with E-state index in [4.69, 9.17) is 5.84 Å². The summed E-state index contributed by atoms with van der Waals surface area (Å²) in [5.74, 6) is 5.56. The molecular weight excluding hydrogens is 290 g/mol. The maximum Gasteiger partial charge on any atom is 0.240 e. The monoisotopic (exact) mass is 313 g/mol. The first-order valence-corrected chi connectivity index (χ1v) is 8.64. The van der Waals surface area contributed by atoms with Crippen molar-refractivity contribution in [1.29, 1.82) is 0 Å². The van der Waals surface area contributed by atoms with Crippen molar-refractivity contribution in [1.82, 2.24) is 14.6 Å². The summed E-state index contributed by atoms with van der Waals surface area (Å²) in [6.45, 7) is 1.10. The third-order valence-corrected chi connectivity index (χ3v) is 5.35. The van der Waals surface area contributed by atoms with Gasteiger partial charge >= 0.3 is 0 Å². The lowest BCUT2D eigenvalue weighted by molar-refractivity contribution is 0.250. The minimum atomic E-state index is -3.52. The van der Waals surface area contributed by atoms with E-state index < -0.39 is 10.0 Å². The van der Waals surface area contributed by atoms with Crippen LogP contribution in [0.4, 0.5) is 5.82 Å². The van der Waals surface area contributed by atoms with Crippen LogP contribution in [-0.4, -0.2) is 44.5 Å². The third kappa shape index (κ3) is 4.37. The van der Waals surface area contributed by atoms with Gasteiger partial charge in [-0.05, 0) is 26.0 Å². The zero-order valence-corrected chi connectivity index (χ0v) is 13.1. The molecule has 0 aliphatic heterocycles. The summed E-state index contributed by atoms with van der Waals surface area (Å²) in [6.07, 6.45) is 6.37. The van der Waals surface area contributed by atoms with Gasteiger partial charge in [0.25, 0.3) is 0 Å². The molecule has 2 rings (SSSR count). The Hall–Kier alpha value is -1.22. The van der Waals surface area contributed by atoms with Crippen molar-refractivity contribution >= 4 is 15.8 Å². The molecule has 0 bridgehead atoms. The average molecular weight is 313 g/mol. The van der Waals surface area contributed by atoms with E-state index in [1.807, 2.05) is 7.05 Å². The molecule has 0 amide bonds. The quantitative estimate of drug-likeness (QED) is 0.501. The third-order valence-electron chi connectivity index (χ3n) is 3.89. The number of nitrogens with zero attached hydrogens (tertiary/aromatic N) is 2.